The van der Waals surface area contributed by atoms with Gasteiger partial charge in [0.1, 0.15) is 0 Å². The van der Waals surface area contributed by atoms with Crippen molar-refractivity contribution in [1.82, 2.24) is 20.1 Å². The minimum Gasteiger partial charge on any atom is -0.375 e. The maximum Gasteiger partial charge on any atom is 0.234 e. The van der Waals surface area contributed by atoms with E-state index in [1.165, 1.54) is 17.7 Å². The van der Waals surface area contributed by atoms with Gasteiger partial charge >= 0.3 is 0 Å². The van der Waals surface area contributed by atoms with E-state index in [2.05, 4.69) is 27.0 Å². The summed E-state index contributed by atoms with van der Waals surface area (Å²) in [5.74, 6) is 1.01. The van der Waals surface area contributed by atoms with Crippen molar-refractivity contribution in [2.75, 3.05) is 38.5 Å². The number of carbonyl (C=O) groups excluding carboxylic acids is 1. The molecule has 0 unspecified atom stereocenters. The second-order valence-electron chi connectivity index (χ2n) is 7.24. The number of nitrogens with one attached hydrogen (secondary N) is 1. The number of thiazole rings is 1. The van der Waals surface area contributed by atoms with Gasteiger partial charge in [-0.25, -0.2) is 4.98 Å². The van der Waals surface area contributed by atoms with E-state index in [1.54, 1.807) is 11.3 Å². The molecule has 7 heteroatoms. The Hall–Kier alpha value is -1.18. The molecule has 3 N–H and O–H groups in total. The van der Waals surface area contributed by atoms with Gasteiger partial charge in [-0.1, -0.05) is 6.92 Å². The number of hydrogen-bond acceptors (Lipinski definition) is 6. The van der Waals surface area contributed by atoms with Gasteiger partial charge in [0.2, 0.25) is 5.91 Å². The van der Waals surface area contributed by atoms with Crippen molar-refractivity contribution in [3.8, 4) is 0 Å². The summed E-state index contributed by atoms with van der Waals surface area (Å²) in [7, 11) is 0. The van der Waals surface area contributed by atoms with Crippen LogP contribution in [0.5, 0.6) is 0 Å². The Kier molecular flexibility index (Phi) is 6.08. The molecule has 3 rings (SSSR count). The second kappa shape index (κ2) is 8.27. The highest BCUT2D eigenvalue weighted by Gasteiger charge is 2.23. The number of nitrogens with zero attached hydrogens (tertiary/aromatic N) is 3. The fraction of sp³-hybridized carbons (Fsp3) is 0.765. The van der Waals surface area contributed by atoms with E-state index >= 15 is 0 Å². The van der Waals surface area contributed by atoms with Gasteiger partial charge in [-0.05, 0) is 31.6 Å². The van der Waals surface area contributed by atoms with Gasteiger partial charge in [-0.3, -0.25) is 14.6 Å². The number of aromatic nitrogens is 1. The monoisotopic (exact) mass is 351 g/mol. The topological polar surface area (TPSA) is 74.5 Å². The van der Waals surface area contributed by atoms with Crippen LogP contribution in [0.2, 0.25) is 0 Å². The van der Waals surface area contributed by atoms with E-state index in [0.717, 1.165) is 51.5 Å². The highest BCUT2D eigenvalue weighted by Crippen LogP contribution is 2.23. The summed E-state index contributed by atoms with van der Waals surface area (Å²) >= 11 is 1.56. The molecule has 2 aliphatic rings. The molecule has 134 valence electrons. The summed E-state index contributed by atoms with van der Waals surface area (Å²) in [5, 5.41) is 3.86. The minimum atomic E-state index is 0.193. The lowest BCUT2D eigenvalue weighted by molar-refractivity contribution is -0.123. The molecule has 24 heavy (non-hydrogen) atoms. The van der Waals surface area contributed by atoms with Crippen LogP contribution in [-0.2, 0) is 11.3 Å². The Bertz CT molecular complexity index is 533. The molecule has 1 amide bonds. The Morgan fingerprint density at radius 1 is 1.25 bits per heavy atom. The van der Waals surface area contributed by atoms with Crippen molar-refractivity contribution in [3.05, 3.63) is 11.1 Å². The van der Waals surface area contributed by atoms with E-state index in [9.17, 15) is 4.79 Å². The van der Waals surface area contributed by atoms with Crippen LogP contribution >= 0.6 is 11.3 Å². The summed E-state index contributed by atoms with van der Waals surface area (Å²) in [6.45, 7) is 7.63. The van der Waals surface area contributed by atoms with Crippen molar-refractivity contribution >= 4 is 22.4 Å². The predicted octanol–water partition coefficient (Wildman–Crippen LogP) is 1.54. The van der Waals surface area contributed by atoms with Gasteiger partial charge in [-0.2, -0.15) is 0 Å². The maximum atomic E-state index is 12.2. The van der Waals surface area contributed by atoms with Gasteiger partial charge in [-0.15, -0.1) is 11.3 Å². The van der Waals surface area contributed by atoms with Crippen molar-refractivity contribution in [1.29, 1.82) is 0 Å². The molecule has 1 aliphatic carbocycles. The molecule has 1 aliphatic heterocycles. The zero-order valence-corrected chi connectivity index (χ0v) is 15.4. The Balaban J connectivity index is 1.35. The first-order valence-corrected chi connectivity index (χ1v) is 9.84. The molecule has 0 bridgehead atoms. The third-order valence-corrected chi connectivity index (χ3v) is 5.98. The largest absolute Gasteiger partial charge is 0.375 e. The highest BCUT2D eigenvalue weighted by molar-refractivity contribution is 7.15. The summed E-state index contributed by atoms with van der Waals surface area (Å²) in [4.78, 5) is 22.2. The number of nitrogen functional groups attached to an aromatic ring is 1. The quantitative estimate of drug-likeness (QED) is 0.842. The summed E-state index contributed by atoms with van der Waals surface area (Å²) < 4.78 is 0. The van der Waals surface area contributed by atoms with Crippen molar-refractivity contribution in [3.63, 3.8) is 0 Å². The van der Waals surface area contributed by atoms with Crippen LogP contribution < -0.4 is 11.1 Å². The maximum absolute atomic E-state index is 12.2. The molecule has 1 saturated heterocycles. The van der Waals surface area contributed by atoms with Crippen molar-refractivity contribution < 1.29 is 4.79 Å². The van der Waals surface area contributed by atoms with Crippen LogP contribution in [0.3, 0.4) is 0 Å². The molecule has 1 aromatic rings. The number of nitrogens with two attached hydrogens (primary N) is 1. The van der Waals surface area contributed by atoms with Crippen LogP contribution in [0.25, 0.3) is 0 Å². The molecule has 6 nitrogen and oxygen atoms in total. The van der Waals surface area contributed by atoms with Crippen molar-refractivity contribution in [2.24, 2.45) is 5.92 Å². The van der Waals surface area contributed by atoms with E-state index in [4.69, 9.17) is 5.73 Å². The molecular formula is C17H29N5OS. The molecule has 2 heterocycles. The van der Waals surface area contributed by atoms with E-state index in [0.29, 0.717) is 17.7 Å². The van der Waals surface area contributed by atoms with Crippen LogP contribution in [-0.4, -0.2) is 59.5 Å². The molecule has 0 atom stereocenters. The van der Waals surface area contributed by atoms with Crippen LogP contribution in [0.4, 0.5) is 5.13 Å². The average Bonchev–Trinajstić information content (AvgIpc) is 2.96. The Labute approximate surface area is 148 Å². The van der Waals surface area contributed by atoms with E-state index < -0.39 is 0 Å². The average molecular weight is 352 g/mol. The van der Waals surface area contributed by atoms with E-state index in [1.807, 2.05) is 6.20 Å². The number of rotatable bonds is 5. The normalized spacial score (nSPS) is 26.4. The summed E-state index contributed by atoms with van der Waals surface area (Å²) in [6, 6.07) is 0.395. The number of hydrogen-bond donors (Lipinski definition) is 2. The van der Waals surface area contributed by atoms with Gasteiger partial charge in [0.05, 0.1) is 6.54 Å². The lowest BCUT2D eigenvalue weighted by Gasteiger charge is -2.34. The Morgan fingerprint density at radius 3 is 2.54 bits per heavy atom. The number of amides is 1. The van der Waals surface area contributed by atoms with Crippen LogP contribution in [0, 0.1) is 5.92 Å². The standard InChI is InChI=1S/C17H29N5OS/c1-13-2-4-14(5-3-13)20-16(23)12-22-8-6-21(7-9-22)11-15-10-19-17(18)24-15/h10,13-14H,2-9,11-12H2,1H3,(H2,18,19)(H,20,23). The SMILES string of the molecule is CC1CCC(NC(=O)CN2CCN(Cc3cnc(N)s3)CC2)CC1. The predicted molar refractivity (Wildman–Crippen MR) is 97.8 cm³/mol. The number of anilines is 1. The number of piperazine rings is 1. The summed E-state index contributed by atoms with van der Waals surface area (Å²) in [6.07, 6.45) is 6.62. The van der Waals surface area contributed by atoms with Gasteiger partial charge in [0, 0.05) is 49.8 Å². The second-order valence-corrected chi connectivity index (χ2v) is 8.39. The molecule has 0 aromatic carbocycles. The van der Waals surface area contributed by atoms with Crippen LogP contribution in [0.15, 0.2) is 6.20 Å². The first-order valence-electron chi connectivity index (χ1n) is 9.03. The zero-order valence-electron chi connectivity index (χ0n) is 14.5. The fourth-order valence-corrected chi connectivity index (χ4v) is 4.33. The third kappa shape index (κ3) is 5.16. The smallest absolute Gasteiger partial charge is 0.234 e. The van der Waals surface area contributed by atoms with Crippen LogP contribution in [0.1, 0.15) is 37.5 Å². The molecular weight excluding hydrogens is 322 g/mol. The lowest BCUT2D eigenvalue weighted by Crippen LogP contribution is -2.50. The van der Waals surface area contributed by atoms with Gasteiger partial charge in [0.25, 0.3) is 0 Å². The molecule has 1 aromatic heterocycles. The zero-order chi connectivity index (χ0) is 16.9. The lowest BCUT2D eigenvalue weighted by atomic mass is 9.87. The fourth-order valence-electron chi connectivity index (χ4n) is 3.60. The molecule has 2 fully saturated rings. The summed E-state index contributed by atoms with van der Waals surface area (Å²) in [5.41, 5.74) is 5.68. The third-order valence-electron chi connectivity index (χ3n) is 5.16. The van der Waals surface area contributed by atoms with Gasteiger partial charge in [0.15, 0.2) is 5.13 Å². The highest BCUT2D eigenvalue weighted by atomic mass is 32.1. The number of carbonyl (C=O) groups is 1. The molecule has 0 radical (unpaired) electrons. The molecule has 0 spiro atoms. The first-order chi connectivity index (χ1) is 11.6. The van der Waals surface area contributed by atoms with E-state index in [-0.39, 0.29) is 5.91 Å². The van der Waals surface area contributed by atoms with Crippen molar-refractivity contribution in [2.45, 2.75) is 45.2 Å². The minimum absolute atomic E-state index is 0.193. The van der Waals surface area contributed by atoms with Gasteiger partial charge < -0.3 is 11.1 Å². The first kappa shape index (κ1) is 17.6. The Morgan fingerprint density at radius 2 is 1.92 bits per heavy atom. The molecule has 1 saturated carbocycles.